The molecule has 0 fully saturated rings. The van der Waals surface area contributed by atoms with Crippen LogP contribution in [0.4, 0.5) is 5.69 Å². The summed E-state index contributed by atoms with van der Waals surface area (Å²) in [6, 6.07) is 7.66. The Hall–Kier alpha value is -1.26. The number of rotatable bonds is 4. The number of halogens is 1. The van der Waals surface area contributed by atoms with E-state index in [1.54, 1.807) is 7.11 Å². The molecule has 5 heteroatoms. The second-order valence-corrected chi connectivity index (χ2v) is 5.17. The van der Waals surface area contributed by atoms with Crippen molar-refractivity contribution >= 4 is 23.2 Å². The van der Waals surface area contributed by atoms with Crippen LogP contribution in [0.15, 0.2) is 29.3 Å². The number of benzene rings is 1. The number of hydrogen-bond donors (Lipinski definition) is 1. The molecular weight excluding hydrogens is 250 g/mol. The quantitative estimate of drug-likeness (QED) is 0.911. The van der Waals surface area contributed by atoms with E-state index in [4.69, 9.17) is 22.1 Å². The molecule has 1 aromatic carbocycles. The number of anilines is 1. The minimum Gasteiger partial charge on any atom is -0.385 e. The monoisotopic (exact) mass is 267 g/mol. The fraction of sp³-hybridized carbons (Fsp3) is 0.462. The Balaban J connectivity index is 2.30. The normalized spacial score (nSPS) is 23.3. The summed E-state index contributed by atoms with van der Waals surface area (Å²) in [4.78, 5) is 6.39. The Morgan fingerprint density at radius 3 is 3.00 bits per heavy atom. The van der Waals surface area contributed by atoms with E-state index in [0.29, 0.717) is 24.1 Å². The summed E-state index contributed by atoms with van der Waals surface area (Å²) in [6.45, 7) is 3.49. The van der Waals surface area contributed by atoms with Crippen LogP contribution in [0.2, 0.25) is 5.02 Å². The SMILES string of the molecule is COCCC1(C)CN=C(N)N1c1cccc(Cl)c1. The van der Waals surface area contributed by atoms with E-state index in [2.05, 4.69) is 11.9 Å². The zero-order chi connectivity index (χ0) is 13.2. The van der Waals surface area contributed by atoms with Crippen LogP contribution < -0.4 is 10.6 Å². The van der Waals surface area contributed by atoms with Crippen molar-refractivity contribution in [1.29, 1.82) is 0 Å². The van der Waals surface area contributed by atoms with Crippen LogP contribution in [0.25, 0.3) is 0 Å². The van der Waals surface area contributed by atoms with Crippen molar-refractivity contribution in [2.45, 2.75) is 18.9 Å². The predicted molar refractivity (Wildman–Crippen MR) is 75.3 cm³/mol. The maximum Gasteiger partial charge on any atom is 0.196 e. The highest BCUT2D eigenvalue weighted by atomic mass is 35.5. The van der Waals surface area contributed by atoms with Crippen LogP contribution in [0.5, 0.6) is 0 Å². The zero-order valence-electron chi connectivity index (χ0n) is 10.7. The molecule has 1 aliphatic heterocycles. The topological polar surface area (TPSA) is 50.9 Å². The Labute approximate surface area is 112 Å². The molecule has 0 saturated carbocycles. The van der Waals surface area contributed by atoms with Gasteiger partial charge in [-0.2, -0.15) is 0 Å². The molecule has 0 radical (unpaired) electrons. The molecule has 98 valence electrons. The molecule has 1 atom stereocenters. The Morgan fingerprint density at radius 1 is 1.56 bits per heavy atom. The van der Waals surface area contributed by atoms with Crippen LogP contribution in [0.1, 0.15) is 13.3 Å². The molecule has 2 N–H and O–H groups in total. The lowest BCUT2D eigenvalue weighted by molar-refractivity contribution is 0.175. The molecular formula is C13H18ClN3O. The van der Waals surface area contributed by atoms with Crippen molar-refractivity contribution in [2.75, 3.05) is 25.2 Å². The van der Waals surface area contributed by atoms with Gasteiger partial charge in [-0.1, -0.05) is 17.7 Å². The third-order valence-electron chi connectivity index (χ3n) is 3.26. The molecule has 1 unspecified atom stereocenters. The number of nitrogens with two attached hydrogens (primary N) is 1. The van der Waals surface area contributed by atoms with Crippen LogP contribution >= 0.6 is 11.6 Å². The summed E-state index contributed by atoms with van der Waals surface area (Å²) < 4.78 is 5.17. The summed E-state index contributed by atoms with van der Waals surface area (Å²) in [6.07, 6.45) is 0.861. The largest absolute Gasteiger partial charge is 0.385 e. The van der Waals surface area contributed by atoms with Gasteiger partial charge in [0.2, 0.25) is 0 Å². The van der Waals surface area contributed by atoms with Gasteiger partial charge in [-0.05, 0) is 31.5 Å². The highest BCUT2D eigenvalue weighted by molar-refractivity contribution is 6.31. The number of guanidine groups is 1. The van der Waals surface area contributed by atoms with Crippen LogP contribution in [-0.4, -0.2) is 31.8 Å². The molecule has 1 heterocycles. The fourth-order valence-corrected chi connectivity index (χ4v) is 2.43. The molecule has 1 aliphatic rings. The van der Waals surface area contributed by atoms with Crippen molar-refractivity contribution in [3.8, 4) is 0 Å². The first-order valence-electron chi connectivity index (χ1n) is 5.91. The Morgan fingerprint density at radius 2 is 2.33 bits per heavy atom. The Kier molecular flexibility index (Phi) is 3.78. The van der Waals surface area contributed by atoms with Gasteiger partial charge in [-0.3, -0.25) is 4.99 Å². The molecule has 2 rings (SSSR count). The second kappa shape index (κ2) is 5.16. The van der Waals surface area contributed by atoms with Crippen LogP contribution in [-0.2, 0) is 4.74 Å². The van der Waals surface area contributed by atoms with Gasteiger partial charge in [-0.15, -0.1) is 0 Å². The lowest BCUT2D eigenvalue weighted by Gasteiger charge is -2.36. The van der Waals surface area contributed by atoms with Gasteiger partial charge in [0, 0.05) is 24.4 Å². The van der Waals surface area contributed by atoms with Gasteiger partial charge in [0.05, 0.1) is 12.1 Å². The molecule has 0 bridgehead atoms. The van der Waals surface area contributed by atoms with Gasteiger partial charge in [-0.25, -0.2) is 0 Å². The summed E-state index contributed by atoms with van der Waals surface area (Å²) in [5.41, 5.74) is 6.82. The van der Waals surface area contributed by atoms with Gasteiger partial charge in [0.25, 0.3) is 0 Å². The number of hydrogen-bond acceptors (Lipinski definition) is 4. The third-order valence-corrected chi connectivity index (χ3v) is 3.50. The molecule has 0 aromatic heterocycles. The average Bonchev–Trinajstić information content (AvgIpc) is 2.63. The Bertz CT molecular complexity index is 463. The maximum absolute atomic E-state index is 6.04. The number of methoxy groups -OCH3 is 1. The summed E-state index contributed by atoms with van der Waals surface area (Å²) in [5, 5.41) is 0.696. The van der Waals surface area contributed by atoms with Crippen molar-refractivity contribution in [3.63, 3.8) is 0 Å². The minimum absolute atomic E-state index is 0.148. The molecule has 0 aliphatic carbocycles. The summed E-state index contributed by atoms with van der Waals surface area (Å²) >= 11 is 6.04. The van der Waals surface area contributed by atoms with E-state index >= 15 is 0 Å². The first kappa shape index (κ1) is 13.2. The van der Waals surface area contributed by atoms with Gasteiger partial charge < -0.3 is 15.4 Å². The van der Waals surface area contributed by atoms with Crippen molar-refractivity contribution in [3.05, 3.63) is 29.3 Å². The average molecular weight is 268 g/mol. The molecule has 0 saturated heterocycles. The molecule has 1 aromatic rings. The first-order valence-corrected chi connectivity index (χ1v) is 6.29. The van der Waals surface area contributed by atoms with Crippen molar-refractivity contribution in [2.24, 2.45) is 10.7 Å². The summed E-state index contributed by atoms with van der Waals surface area (Å²) in [7, 11) is 1.70. The van der Waals surface area contributed by atoms with Crippen molar-refractivity contribution in [1.82, 2.24) is 0 Å². The summed E-state index contributed by atoms with van der Waals surface area (Å²) in [5.74, 6) is 0.538. The van der Waals surface area contributed by atoms with Crippen LogP contribution in [0, 0.1) is 0 Å². The first-order chi connectivity index (χ1) is 8.57. The number of nitrogens with zero attached hydrogens (tertiary/aromatic N) is 2. The third kappa shape index (κ3) is 2.44. The smallest absolute Gasteiger partial charge is 0.196 e. The van der Waals surface area contributed by atoms with E-state index in [1.165, 1.54) is 0 Å². The van der Waals surface area contributed by atoms with Gasteiger partial charge in [0.15, 0.2) is 5.96 Å². The predicted octanol–water partition coefficient (Wildman–Crippen LogP) is 2.27. The standard InChI is InChI=1S/C13H18ClN3O/c1-13(6-7-18-2)9-16-12(15)17(13)11-5-3-4-10(14)8-11/h3-5,8H,6-7,9H2,1-2H3,(H2,15,16). The lowest BCUT2D eigenvalue weighted by Crippen LogP contribution is -2.50. The minimum atomic E-state index is -0.148. The van der Waals surface area contributed by atoms with E-state index in [1.807, 2.05) is 29.2 Å². The maximum atomic E-state index is 6.04. The second-order valence-electron chi connectivity index (χ2n) is 4.73. The van der Waals surface area contributed by atoms with Crippen molar-refractivity contribution < 1.29 is 4.74 Å². The van der Waals surface area contributed by atoms with Crippen LogP contribution in [0.3, 0.4) is 0 Å². The zero-order valence-corrected chi connectivity index (χ0v) is 11.4. The molecule has 0 spiro atoms. The van der Waals surface area contributed by atoms with E-state index in [-0.39, 0.29) is 5.54 Å². The van der Waals surface area contributed by atoms with E-state index in [0.717, 1.165) is 12.1 Å². The fourth-order valence-electron chi connectivity index (χ4n) is 2.24. The van der Waals surface area contributed by atoms with Gasteiger partial charge in [0.1, 0.15) is 0 Å². The molecule has 0 amide bonds. The van der Waals surface area contributed by atoms with Gasteiger partial charge >= 0.3 is 0 Å². The molecule has 4 nitrogen and oxygen atoms in total. The number of aliphatic imine (C=N–C) groups is 1. The highest BCUT2D eigenvalue weighted by Gasteiger charge is 2.38. The van der Waals surface area contributed by atoms with E-state index in [9.17, 15) is 0 Å². The number of ether oxygens (including phenoxy) is 1. The highest BCUT2D eigenvalue weighted by Crippen LogP contribution is 2.32. The lowest BCUT2D eigenvalue weighted by atomic mass is 9.96. The molecule has 18 heavy (non-hydrogen) atoms. The van der Waals surface area contributed by atoms with E-state index < -0.39 is 0 Å².